The molecular weight excluding hydrogens is 198 g/mol. The average molecular weight is 217 g/mol. The van der Waals surface area contributed by atoms with Crippen LogP contribution >= 0.6 is 0 Å². The van der Waals surface area contributed by atoms with Crippen LogP contribution in [-0.4, -0.2) is 35.7 Å². The fourth-order valence-electron chi connectivity index (χ4n) is 1.14. The van der Waals surface area contributed by atoms with Crippen molar-refractivity contribution in [3.8, 4) is 0 Å². The van der Waals surface area contributed by atoms with E-state index in [0.717, 1.165) is 6.42 Å². The second kappa shape index (κ2) is 6.40. The number of carbonyl (C=O) groups is 2. The van der Waals surface area contributed by atoms with Gasteiger partial charge in [0.05, 0.1) is 6.42 Å². The molecule has 15 heavy (non-hydrogen) atoms. The Morgan fingerprint density at radius 2 is 2.00 bits per heavy atom. The van der Waals surface area contributed by atoms with Crippen LogP contribution in [0.5, 0.6) is 0 Å². The monoisotopic (exact) mass is 217 g/mol. The van der Waals surface area contributed by atoms with Gasteiger partial charge in [-0.15, -0.1) is 0 Å². The van der Waals surface area contributed by atoms with Crippen molar-refractivity contribution in [3.63, 3.8) is 0 Å². The van der Waals surface area contributed by atoms with Crippen LogP contribution in [0.3, 0.4) is 0 Å². The van der Waals surface area contributed by atoms with Crippen LogP contribution in [-0.2, 0) is 14.3 Å². The van der Waals surface area contributed by atoms with Crippen LogP contribution < -0.4 is 5.32 Å². The second-order valence-electron chi connectivity index (χ2n) is 4.06. The maximum atomic E-state index is 11.3. The molecule has 2 N–H and O–H groups in total. The van der Waals surface area contributed by atoms with Crippen molar-refractivity contribution in [2.45, 2.75) is 39.2 Å². The lowest BCUT2D eigenvalue weighted by molar-refractivity contribution is -0.139. The summed E-state index contributed by atoms with van der Waals surface area (Å²) >= 11 is 0. The van der Waals surface area contributed by atoms with Gasteiger partial charge in [-0.2, -0.15) is 0 Å². The summed E-state index contributed by atoms with van der Waals surface area (Å²) in [6.45, 7) is 5.80. The molecule has 88 valence electrons. The molecule has 0 aromatic heterocycles. The van der Waals surface area contributed by atoms with Gasteiger partial charge in [0.2, 0.25) is 5.91 Å². The number of hydrogen-bond donors (Lipinski definition) is 2. The molecule has 5 nitrogen and oxygen atoms in total. The number of ether oxygens (including phenoxy) is 1. The van der Waals surface area contributed by atoms with Gasteiger partial charge in [0.1, 0.15) is 6.61 Å². The summed E-state index contributed by atoms with van der Waals surface area (Å²) in [6, 6.07) is 0. The van der Waals surface area contributed by atoms with E-state index >= 15 is 0 Å². The zero-order valence-electron chi connectivity index (χ0n) is 9.50. The number of rotatable bonds is 7. The molecule has 0 aliphatic rings. The van der Waals surface area contributed by atoms with E-state index < -0.39 is 11.5 Å². The van der Waals surface area contributed by atoms with Crippen LogP contribution in [0.25, 0.3) is 0 Å². The zero-order valence-corrected chi connectivity index (χ0v) is 9.50. The number of hydrogen-bond acceptors (Lipinski definition) is 3. The minimum absolute atomic E-state index is 0.0170. The van der Waals surface area contributed by atoms with Crippen molar-refractivity contribution in [1.82, 2.24) is 5.32 Å². The van der Waals surface area contributed by atoms with E-state index in [1.54, 1.807) is 13.8 Å². The predicted octanol–water partition coefficient (Wildman–Crippen LogP) is 0.782. The van der Waals surface area contributed by atoms with Crippen molar-refractivity contribution >= 4 is 11.9 Å². The van der Waals surface area contributed by atoms with Crippen LogP contribution in [0.15, 0.2) is 0 Å². The van der Waals surface area contributed by atoms with Crippen molar-refractivity contribution in [3.05, 3.63) is 0 Å². The maximum absolute atomic E-state index is 11.3. The fourth-order valence-corrected chi connectivity index (χ4v) is 1.14. The molecule has 0 atom stereocenters. The molecule has 0 aliphatic carbocycles. The van der Waals surface area contributed by atoms with E-state index in [9.17, 15) is 9.59 Å². The van der Waals surface area contributed by atoms with E-state index in [4.69, 9.17) is 9.84 Å². The summed E-state index contributed by atoms with van der Waals surface area (Å²) in [5.74, 6) is -1.22. The minimum Gasteiger partial charge on any atom is -0.481 e. The lowest BCUT2D eigenvalue weighted by Gasteiger charge is -2.24. The third-order valence-electron chi connectivity index (χ3n) is 1.65. The Morgan fingerprint density at radius 1 is 1.40 bits per heavy atom. The van der Waals surface area contributed by atoms with Gasteiger partial charge in [-0.05, 0) is 20.3 Å². The second-order valence-corrected chi connectivity index (χ2v) is 4.06. The summed E-state index contributed by atoms with van der Waals surface area (Å²) in [4.78, 5) is 21.8. The average Bonchev–Trinajstić information content (AvgIpc) is 2.00. The Morgan fingerprint density at radius 3 is 2.47 bits per heavy atom. The third kappa shape index (κ3) is 7.93. The topological polar surface area (TPSA) is 75.6 Å². The van der Waals surface area contributed by atoms with E-state index in [0.29, 0.717) is 6.61 Å². The largest absolute Gasteiger partial charge is 0.481 e. The Hall–Kier alpha value is -1.10. The van der Waals surface area contributed by atoms with Crippen molar-refractivity contribution in [2.24, 2.45) is 0 Å². The molecule has 5 heteroatoms. The molecule has 0 heterocycles. The summed E-state index contributed by atoms with van der Waals surface area (Å²) in [5, 5.41) is 11.2. The first-order valence-corrected chi connectivity index (χ1v) is 4.98. The third-order valence-corrected chi connectivity index (χ3v) is 1.65. The Bertz CT molecular complexity index is 225. The van der Waals surface area contributed by atoms with E-state index in [-0.39, 0.29) is 18.9 Å². The van der Waals surface area contributed by atoms with Crippen LogP contribution in [0.4, 0.5) is 0 Å². The van der Waals surface area contributed by atoms with Gasteiger partial charge in [0, 0.05) is 12.1 Å². The van der Waals surface area contributed by atoms with E-state index in [1.165, 1.54) is 0 Å². The molecule has 1 amide bonds. The highest BCUT2D eigenvalue weighted by atomic mass is 16.5. The number of amides is 1. The molecule has 0 aromatic carbocycles. The van der Waals surface area contributed by atoms with Crippen molar-refractivity contribution in [2.75, 3.05) is 13.2 Å². The first-order chi connectivity index (χ1) is 6.87. The first-order valence-electron chi connectivity index (χ1n) is 4.98. The van der Waals surface area contributed by atoms with Gasteiger partial charge in [0.25, 0.3) is 0 Å². The zero-order chi connectivity index (χ0) is 11.9. The molecule has 0 aromatic rings. The van der Waals surface area contributed by atoms with Gasteiger partial charge in [0.15, 0.2) is 0 Å². The summed E-state index contributed by atoms with van der Waals surface area (Å²) in [6.07, 6.45) is 0.748. The SMILES string of the molecule is CCCOCC(=O)NC(C)(C)CC(=O)O. The summed E-state index contributed by atoms with van der Waals surface area (Å²) < 4.78 is 5.04. The van der Waals surface area contributed by atoms with E-state index in [1.807, 2.05) is 6.92 Å². The summed E-state index contributed by atoms with van der Waals surface area (Å²) in [7, 11) is 0. The van der Waals surface area contributed by atoms with Crippen molar-refractivity contribution in [1.29, 1.82) is 0 Å². The highest BCUT2D eigenvalue weighted by molar-refractivity contribution is 5.79. The Balaban J connectivity index is 3.88. The van der Waals surface area contributed by atoms with E-state index in [2.05, 4.69) is 5.32 Å². The van der Waals surface area contributed by atoms with Crippen LogP contribution in [0, 0.1) is 0 Å². The molecule has 0 saturated carbocycles. The molecule has 0 aliphatic heterocycles. The smallest absolute Gasteiger partial charge is 0.305 e. The normalized spacial score (nSPS) is 11.1. The van der Waals surface area contributed by atoms with Gasteiger partial charge < -0.3 is 15.2 Å². The molecule has 0 radical (unpaired) electrons. The van der Waals surface area contributed by atoms with Gasteiger partial charge in [-0.25, -0.2) is 0 Å². The molecule has 0 bridgehead atoms. The number of carboxylic acid groups (broad SMARTS) is 1. The predicted molar refractivity (Wildman–Crippen MR) is 55.6 cm³/mol. The molecule has 0 saturated heterocycles. The quantitative estimate of drug-likeness (QED) is 0.618. The minimum atomic E-state index is -0.935. The standard InChI is InChI=1S/C10H19NO4/c1-4-5-15-7-8(12)11-10(2,3)6-9(13)14/h4-7H2,1-3H3,(H,11,12)(H,13,14). The molecule has 0 rings (SSSR count). The highest BCUT2D eigenvalue weighted by Gasteiger charge is 2.23. The van der Waals surface area contributed by atoms with Gasteiger partial charge >= 0.3 is 5.97 Å². The number of nitrogens with one attached hydrogen (secondary N) is 1. The first kappa shape index (κ1) is 13.9. The van der Waals surface area contributed by atoms with Crippen molar-refractivity contribution < 1.29 is 19.4 Å². The summed E-state index contributed by atoms with van der Waals surface area (Å²) in [5.41, 5.74) is -0.738. The Kier molecular flexibility index (Phi) is 5.93. The maximum Gasteiger partial charge on any atom is 0.305 e. The Labute approximate surface area is 89.8 Å². The molecule has 0 unspecified atom stereocenters. The highest BCUT2D eigenvalue weighted by Crippen LogP contribution is 2.07. The number of aliphatic carboxylic acids is 1. The van der Waals surface area contributed by atoms with Gasteiger partial charge in [-0.1, -0.05) is 6.92 Å². The fraction of sp³-hybridized carbons (Fsp3) is 0.800. The lowest BCUT2D eigenvalue weighted by Crippen LogP contribution is -2.46. The van der Waals surface area contributed by atoms with Crippen LogP contribution in [0.2, 0.25) is 0 Å². The lowest BCUT2D eigenvalue weighted by atomic mass is 10.0. The number of carboxylic acids is 1. The molecule has 0 spiro atoms. The number of carbonyl (C=O) groups excluding carboxylic acids is 1. The molecular formula is C10H19NO4. The molecule has 0 fully saturated rings. The van der Waals surface area contributed by atoms with Gasteiger partial charge in [-0.3, -0.25) is 9.59 Å². The van der Waals surface area contributed by atoms with Crippen LogP contribution in [0.1, 0.15) is 33.6 Å².